The molecule has 41 valence electrons. The van der Waals surface area contributed by atoms with E-state index in [2.05, 4.69) is 9.46 Å². The fraction of sp³-hybridized carbons (Fsp3) is 0. The smallest absolute Gasteiger partial charge is 0.313 e. The van der Waals surface area contributed by atoms with Gasteiger partial charge in [0, 0.05) is 0 Å². The van der Waals surface area contributed by atoms with Gasteiger partial charge in [-0.3, -0.25) is 0 Å². The molecule has 1 rings (SSSR count). The van der Waals surface area contributed by atoms with Crippen molar-refractivity contribution in [1.82, 2.24) is 0 Å². The van der Waals surface area contributed by atoms with Gasteiger partial charge in [-0.05, 0) is 11.9 Å². The van der Waals surface area contributed by atoms with Gasteiger partial charge in [0.05, 0.1) is 0 Å². The molecule has 0 saturated carbocycles. The first-order chi connectivity index (χ1) is 4.00. The van der Waals surface area contributed by atoms with E-state index in [-0.39, 0.29) is 0 Å². The third-order valence-electron chi connectivity index (χ3n) is 0.544. The minimum absolute atomic E-state index is 0.402. The Bertz CT molecular complexity index is 125. The predicted molar refractivity (Wildman–Crippen MR) is 33.1 cm³/mol. The molecular weight excluding hydrogens is 139 g/mol. The van der Waals surface area contributed by atoms with Crippen molar-refractivity contribution in [2.75, 3.05) is 0 Å². The van der Waals surface area contributed by atoms with E-state index in [0.717, 1.165) is 7.72 Å². The van der Waals surface area contributed by atoms with Crippen molar-refractivity contribution in [2.45, 2.75) is 0 Å². The summed E-state index contributed by atoms with van der Waals surface area (Å²) in [6, 6.07) is 0. The molecule has 0 bridgehead atoms. The second-order valence-electron chi connectivity index (χ2n) is 1.07. The highest BCUT2D eigenvalue weighted by Crippen LogP contribution is 1.98. The van der Waals surface area contributed by atoms with Crippen molar-refractivity contribution in [3.8, 4) is 0 Å². The highest BCUT2D eigenvalue weighted by atomic mass is 31.2. The molecule has 0 atom stereocenters. The van der Waals surface area contributed by atoms with Crippen LogP contribution in [0.4, 0.5) is 0 Å². The van der Waals surface area contributed by atoms with Gasteiger partial charge in [-0.1, -0.05) is 13.8 Å². The minimum Gasteiger partial charge on any atom is -0.352 e. The Labute approximate surface area is 51.2 Å². The zero-order valence-electron chi connectivity index (χ0n) is 4.07. The molecular formula is C4H4O2PSi. The van der Waals surface area contributed by atoms with E-state index in [9.17, 15) is 0 Å². The summed E-state index contributed by atoms with van der Waals surface area (Å²) in [6.45, 7) is 0. The lowest BCUT2D eigenvalue weighted by molar-refractivity contribution is -0.145. The molecule has 4 heteroatoms. The largest absolute Gasteiger partial charge is 0.352 e. The molecule has 0 aromatic heterocycles. The first-order valence-corrected chi connectivity index (χ1v) is 4.80. The Morgan fingerprint density at radius 1 is 1.38 bits per heavy atom. The van der Waals surface area contributed by atoms with Gasteiger partial charge in [0.25, 0.3) is 0 Å². The molecule has 0 aliphatic carbocycles. The Hall–Kier alpha value is -0.243. The number of hydrogen-bond acceptors (Lipinski definition) is 2. The van der Waals surface area contributed by atoms with Crippen LogP contribution in [0.5, 0.6) is 0 Å². The van der Waals surface area contributed by atoms with Gasteiger partial charge in [0.15, 0.2) is 0 Å². The highest BCUT2D eigenvalue weighted by molar-refractivity contribution is 7.50. The van der Waals surface area contributed by atoms with Crippen LogP contribution >= 0.6 is 7.72 Å². The lowest BCUT2D eigenvalue weighted by Gasteiger charge is -1.90. The predicted octanol–water partition coefficient (Wildman–Crippen LogP) is 1.46. The third kappa shape index (κ3) is 2.16. The molecule has 8 heavy (non-hydrogen) atoms. The van der Waals surface area contributed by atoms with Crippen molar-refractivity contribution >= 4 is 16.7 Å². The Morgan fingerprint density at radius 2 is 2.38 bits per heavy atom. The molecule has 1 radical (unpaired) electrons. The summed E-state index contributed by atoms with van der Waals surface area (Å²) >= 11 is 0. The standard InChI is InChI=1S/C4H4O2PSi/c1-2-4-7-8-6-5-3-1/h1-4H/b3-1-,4-2-. The molecule has 0 aromatic rings. The average Bonchev–Trinajstić information content (AvgIpc) is 1.62. The van der Waals surface area contributed by atoms with Gasteiger partial charge in [0.1, 0.15) is 6.26 Å². The minimum atomic E-state index is 0.402. The molecule has 0 unspecified atom stereocenters. The van der Waals surface area contributed by atoms with E-state index in [1.807, 2.05) is 11.9 Å². The normalized spacial score (nSPS) is 27.0. The van der Waals surface area contributed by atoms with E-state index in [1.54, 1.807) is 6.08 Å². The Morgan fingerprint density at radius 3 is 3.38 bits per heavy atom. The monoisotopic (exact) mass is 143 g/mol. The van der Waals surface area contributed by atoms with Crippen LogP contribution in [0.3, 0.4) is 0 Å². The average molecular weight is 143 g/mol. The number of allylic oxidation sites excluding steroid dienone is 2. The van der Waals surface area contributed by atoms with Crippen LogP contribution in [-0.4, -0.2) is 9.02 Å². The van der Waals surface area contributed by atoms with Crippen molar-refractivity contribution in [3.63, 3.8) is 0 Å². The second-order valence-corrected chi connectivity index (χ2v) is 3.30. The third-order valence-corrected chi connectivity index (χ3v) is 2.13. The van der Waals surface area contributed by atoms with E-state index >= 15 is 0 Å². The fourth-order valence-electron chi connectivity index (χ4n) is 0.271. The van der Waals surface area contributed by atoms with Crippen LogP contribution in [-0.2, 0) is 9.46 Å². The highest BCUT2D eigenvalue weighted by Gasteiger charge is 1.76. The Balaban J connectivity index is 2.51. The number of hydrogen-bond donors (Lipinski definition) is 0. The maximum absolute atomic E-state index is 4.65. The van der Waals surface area contributed by atoms with Crippen molar-refractivity contribution in [3.05, 3.63) is 24.2 Å². The molecule has 0 saturated heterocycles. The van der Waals surface area contributed by atoms with Crippen molar-refractivity contribution in [1.29, 1.82) is 0 Å². The molecule has 2 nitrogen and oxygen atoms in total. The van der Waals surface area contributed by atoms with Crippen LogP contribution < -0.4 is 0 Å². The number of rotatable bonds is 0. The first-order valence-electron chi connectivity index (χ1n) is 2.09. The van der Waals surface area contributed by atoms with E-state index in [4.69, 9.17) is 0 Å². The van der Waals surface area contributed by atoms with Crippen LogP contribution in [0.25, 0.3) is 0 Å². The molecule has 1 aliphatic heterocycles. The summed E-state index contributed by atoms with van der Waals surface area (Å²) in [4.78, 5) is 4.55. The molecule has 0 fully saturated rings. The SMILES string of the molecule is C1=C\OO[Si]=P\C=C/1. The summed E-state index contributed by atoms with van der Waals surface area (Å²) in [5.74, 6) is 2.01. The zero-order chi connectivity index (χ0) is 5.66. The summed E-state index contributed by atoms with van der Waals surface area (Å²) in [6.07, 6.45) is 5.23. The maximum atomic E-state index is 4.65. The van der Waals surface area contributed by atoms with Gasteiger partial charge in [-0.25, -0.2) is 4.58 Å². The molecule has 0 aromatic carbocycles. The van der Waals surface area contributed by atoms with Gasteiger partial charge in [0.2, 0.25) is 0 Å². The summed E-state index contributed by atoms with van der Waals surface area (Å²) in [5.41, 5.74) is 0. The van der Waals surface area contributed by atoms with Crippen molar-refractivity contribution < 1.29 is 9.46 Å². The van der Waals surface area contributed by atoms with Crippen molar-refractivity contribution in [2.24, 2.45) is 0 Å². The summed E-state index contributed by atoms with van der Waals surface area (Å²) in [5, 5.41) is 0. The van der Waals surface area contributed by atoms with Crippen LogP contribution in [0.15, 0.2) is 24.2 Å². The second kappa shape index (κ2) is 3.72. The molecule has 0 spiro atoms. The van der Waals surface area contributed by atoms with Gasteiger partial charge < -0.3 is 4.89 Å². The van der Waals surface area contributed by atoms with E-state index in [1.165, 1.54) is 6.26 Å². The molecule has 1 aliphatic rings. The summed E-state index contributed by atoms with van der Waals surface area (Å²) in [7, 11) is 1.56. The van der Waals surface area contributed by atoms with Crippen LogP contribution in [0.1, 0.15) is 0 Å². The maximum Gasteiger partial charge on any atom is 0.313 e. The lowest BCUT2D eigenvalue weighted by Crippen LogP contribution is -1.82. The van der Waals surface area contributed by atoms with Gasteiger partial charge in [-0.2, -0.15) is 0 Å². The van der Waals surface area contributed by atoms with E-state index < -0.39 is 0 Å². The fourth-order valence-corrected chi connectivity index (χ4v) is 1.36. The quantitative estimate of drug-likeness (QED) is 0.290. The molecule has 0 amide bonds. The molecule has 1 heterocycles. The zero-order valence-corrected chi connectivity index (χ0v) is 5.97. The van der Waals surface area contributed by atoms with Gasteiger partial charge >= 0.3 is 9.02 Å². The van der Waals surface area contributed by atoms with Crippen LogP contribution in [0, 0.1) is 0 Å². The molecule has 0 N–H and O–H groups in total. The topological polar surface area (TPSA) is 18.5 Å². The Kier molecular flexibility index (Phi) is 2.74. The van der Waals surface area contributed by atoms with E-state index in [0.29, 0.717) is 9.02 Å². The first kappa shape index (κ1) is 5.89. The van der Waals surface area contributed by atoms with Crippen LogP contribution in [0.2, 0.25) is 0 Å². The lowest BCUT2D eigenvalue weighted by atomic mass is 10.6. The summed E-state index contributed by atoms with van der Waals surface area (Å²) < 4.78 is 4.65. The van der Waals surface area contributed by atoms with Gasteiger partial charge in [-0.15, -0.1) is 0 Å².